The van der Waals surface area contributed by atoms with Gasteiger partial charge < -0.3 is 5.11 Å². The third-order valence-electron chi connectivity index (χ3n) is 1.00. The molecular formula is C5H6N2O3S. The minimum Gasteiger partial charge on any atom is -0.474 e. The van der Waals surface area contributed by atoms with Gasteiger partial charge in [-0.3, -0.25) is 15.1 Å². The van der Waals surface area contributed by atoms with Crippen molar-refractivity contribution in [2.75, 3.05) is 12.3 Å². The summed E-state index contributed by atoms with van der Waals surface area (Å²) in [5.41, 5.74) is 0. The van der Waals surface area contributed by atoms with Gasteiger partial charge in [-0.1, -0.05) is 11.8 Å². The van der Waals surface area contributed by atoms with E-state index >= 15 is 0 Å². The molecule has 0 fully saturated rings. The molecule has 0 bridgehead atoms. The summed E-state index contributed by atoms with van der Waals surface area (Å²) in [6.07, 6.45) is 0. The highest BCUT2D eigenvalue weighted by atomic mass is 32.2. The first-order valence-corrected chi connectivity index (χ1v) is 3.90. The van der Waals surface area contributed by atoms with E-state index in [1.54, 1.807) is 0 Å². The van der Waals surface area contributed by atoms with Crippen LogP contribution in [0.5, 0.6) is 0 Å². The molecule has 0 saturated carbocycles. The minimum absolute atomic E-state index is 0.400. The van der Waals surface area contributed by atoms with Gasteiger partial charge >= 0.3 is 11.9 Å². The number of rotatable bonds is 0. The van der Waals surface area contributed by atoms with Crippen molar-refractivity contribution in [1.29, 1.82) is 0 Å². The van der Waals surface area contributed by atoms with Crippen molar-refractivity contribution in [1.82, 2.24) is 5.32 Å². The quantitative estimate of drug-likeness (QED) is 0.475. The Morgan fingerprint density at radius 3 is 2.82 bits per heavy atom. The van der Waals surface area contributed by atoms with Gasteiger partial charge in [-0.25, -0.2) is 4.79 Å². The van der Waals surface area contributed by atoms with E-state index in [1.165, 1.54) is 11.8 Å². The van der Waals surface area contributed by atoms with Gasteiger partial charge in [0.2, 0.25) is 0 Å². The van der Waals surface area contributed by atoms with Crippen LogP contribution in [0.4, 0.5) is 0 Å². The van der Waals surface area contributed by atoms with Crippen LogP contribution in [0.1, 0.15) is 0 Å². The molecule has 60 valence electrons. The molecule has 0 aromatic carbocycles. The van der Waals surface area contributed by atoms with Crippen molar-refractivity contribution in [3.05, 3.63) is 0 Å². The summed E-state index contributed by atoms with van der Waals surface area (Å²) < 4.78 is 0. The van der Waals surface area contributed by atoms with Crippen LogP contribution < -0.4 is 5.32 Å². The van der Waals surface area contributed by atoms with E-state index in [-0.39, 0.29) is 0 Å². The van der Waals surface area contributed by atoms with Crippen LogP contribution in [0.25, 0.3) is 0 Å². The van der Waals surface area contributed by atoms with Crippen LogP contribution in [0.2, 0.25) is 0 Å². The average molecular weight is 174 g/mol. The number of aliphatic carboxylic acids is 1. The number of hydrogen-bond acceptors (Lipinski definition) is 4. The van der Waals surface area contributed by atoms with Crippen LogP contribution >= 0.6 is 11.8 Å². The normalized spacial score (nSPS) is 15.8. The number of thioether (sulfide) groups is 1. The second kappa shape index (κ2) is 3.38. The van der Waals surface area contributed by atoms with Gasteiger partial charge in [0.15, 0.2) is 5.17 Å². The summed E-state index contributed by atoms with van der Waals surface area (Å²) in [6, 6.07) is 0. The topological polar surface area (TPSA) is 78.8 Å². The zero-order chi connectivity index (χ0) is 8.27. The molecule has 1 aliphatic heterocycles. The number of aliphatic imine (C=N–C) groups is 1. The van der Waals surface area contributed by atoms with E-state index in [1.807, 2.05) is 0 Å². The van der Waals surface area contributed by atoms with Gasteiger partial charge in [0, 0.05) is 5.75 Å². The minimum atomic E-state index is -1.49. The maximum atomic E-state index is 10.5. The number of nitrogens with zero attached hydrogens (tertiary/aromatic N) is 1. The molecule has 0 atom stereocenters. The summed E-state index contributed by atoms with van der Waals surface area (Å²) in [5, 5.41) is 10.7. The molecule has 0 spiro atoms. The highest BCUT2D eigenvalue weighted by Gasteiger charge is 2.15. The molecule has 0 aliphatic carbocycles. The van der Waals surface area contributed by atoms with Crippen molar-refractivity contribution in [3.63, 3.8) is 0 Å². The maximum absolute atomic E-state index is 10.5. The molecule has 0 saturated heterocycles. The Hall–Kier alpha value is -1.04. The molecule has 0 unspecified atom stereocenters. The molecule has 11 heavy (non-hydrogen) atoms. The zero-order valence-corrected chi connectivity index (χ0v) is 6.35. The monoisotopic (exact) mass is 174 g/mol. The Kier molecular flexibility index (Phi) is 2.48. The second-order valence-electron chi connectivity index (χ2n) is 1.79. The number of carboxylic acids is 1. The Morgan fingerprint density at radius 1 is 1.64 bits per heavy atom. The van der Waals surface area contributed by atoms with E-state index < -0.39 is 11.9 Å². The lowest BCUT2D eigenvalue weighted by atomic mass is 10.6. The molecule has 2 N–H and O–H groups in total. The van der Waals surface area contributed by atoms with Crippen molar-refractivity contribution in [2.45, 2.75) is 0 Å². The first-order valence-electron chi connectivity index (χ1n) is 2.91. The molecule has 1 heterocycles. The third kappa shape index (κ3) is 2.23. The van der Waals surface area contributed by atoms with Crippen LogP contribution in [0.3, 0.4) is 0 Å². The number of amidine groups is 1. The van der Waals surface area contributed by atoms with Gasteiger partial charge in [0.1, 0.15) is 0 Å². The predicted octanol–water partition coefficient (Wildman–Crippen LogP) is -0.710. The molecule has 0 aromatic rings. The summed E-state index contributed by atoms with van der Waals surface area (Å²) >= 11 is 1.34. The molecule has 1 aliphatic rings. The molecule has 1 rings (SSSR count). The smallest absolute Gasteiger partial charge is 0.394 e. The van der Waals surface area contributed by atoms with Crippen molar-refractivity contribution in [2.24, 2.45) is 4.99 Å². The van der Waals surface area contributed by atoms with Crippen LogP contribution in [-0.2, 0) is 9.59 Å². The number of nitrogens with one attached hydrogen (secondary N) is 1. The zero-order valence-electron chi connectivity index (χ0n) is 5.53. The molecular weight excluding hydrogens is 168 g/mol. The van der Waals surface area contributed by atoms with Gasteiger partial charge in [0.05, 0.1) is 6.54 Å². The second-order valence-corrected chi connectivity index (χ2v) is 2.88. The lowest BCUT2D eigenvalue weighted by Crippen LogP contribution is -2.33. The van der Waals surface area contributed by atoms with Gasteiger partial charge in [-0.05, 0) is 0 Å². The Morgan fingerprint density at radius 2 is 2.36 bits per heavy atom. The number of carbonyl (C=O) groups excluding carboxylic acids is 1. The largest absolute Gasteiger partial charge is 0.474 e. The molecule has 0 radical (unpaired) electrons. The third-order valence-corrected chi connectivity index (χ3v) is 1.89. The van der Waals surface area contributed by atoms with Gasteiger partial charge in [0.25, 0.3) is 0 Å². The summed E-state index contributed by atoms with van der Waals surface area (Å²) in [6.45, 7) is 0.639. The number of carbonyl (C=O) groups is 2. The van der Waals surface area contributed by atoms with E-state index in [2.05, 4.69) is 10.3 Å². The standard InChI is InChI=1S/C5H6N2O3S/c8-3(4(9)10)7-5-6-1-2-11-5/h1-2H2,(H,9,10)(H,6,7,8). The van der Waals surface area contributed by atoms with Gasteiger partial charge in [-0.2, -0.15) is 0 Å². The lowest BCUT2D eigenvalue weighted by molar-refractivity contribution is -0.149. The fourth-order valence-corrected chi connectivity index (χ4v) is 1.28. The van der Waals surface area contributed by atoms with E-state index in [0.29, 0.717) is 11.7 Å². The Bertz CT molecular complexity index is 226. The van der Waals surface area contributed by atoms with Crippen molar-refractivity contribution < 1.29 is 14.7 Å². The summed E-state index contributed by atoms with van der Waals surface area (Å²) in [4.78, 5) is 24.3. The van der Waals surface area contributed by atoms with E-state index in [9.17, 15) is 9.59 Å². The van der Waals surface area contributed by atoms with Crippen molar-refractivity contribution in [3.8, 4) is 0 Å². The lowest BCUT2D eigenvalue weighted by Gasteiger charge is -1.97. The molecule has 6 heteroatoms. The first kappa shape index (κ1) is 8.06. The number of amides is 1. The fourth-order valence-electron chi connectivity index (χ4n) is 0.561. The van der Waals surface area contributed by atoms with Gasteiger partial charge in [-0.15, -0.1) is 0 Å². The highest BCUT2D eigenvalue weighted by molar-refractivity contribution is 8.14. The van der Waals surface area contributed by atoms with E-state index in [0.717, 1.165) is 5.75 Å². The van der Waals surface area contributed by atoms with Crippen LogP contribution in [0.15, 0.2) is 4.99 Å². The SMILES string of the molecule is O=C(O)C(=O)NC1=NCCS1. The van der Waals surface area contributed by atoms with Crippen LogP contribution in [0, 0.1) is 0 Å². The highest BCUT2D eigenvalue weighted by Crippen LogP contribution is 2.08. The predicted molar refractivity (Wildman–Crippen MR) is 40.5 cm³/mol. The first-order chi connectivity index (χ1) is 5.20. The molecule has 1 amide bonds. The fraction of sp³-hybridized carbons (Fsp3) is 0.400. The number of carboxylic acid groups (broad SMARTS) is 1. The summed E-state index contributed by atoms with van der Waals surface area (Å²) in [5.74, 6) is -1.71. The number of hydrogen-bond donors (Lipinski definition) is 2. The Labute approximate surface area is 66.9 Å². The summed E-state index contributed by atoms with van der Waals surface area (Å²) in [7, 11) is 0. The maximum Gasteiger partial charge on any atom is 0.394 e. The molecule has 0 aromatic heterocycles. The van der Waals surface area contributed by atoms with Crippen LogP contribution in [-0.4, -0.2) is 34.4 Å². The van der Waals surface area contributed by atoms with Crippen molar-refractivity contribution >= 4 is 28.8 Å². The van der Waals surface area contributed by atoms with E-state index in [4.69, 9.17) is 5.11 Å². The molecule has 5 nitrogen and oxygen atoms in total. The average Bonchev–Trinajstić information content (AvgIpc) is 2.39. The Balaban J connectivity index is 2.42.